The summed E-state index contributed by atoms with van der Waals surface area (Å²) >= 11 is 12.9. The van der Waals surface area contributed by atoms with Crippen LogP contribution in [-0.2, 0) is 16.0 Å². The van der Waals surface area contributed by atoms with Crippen LogP contribution < -0.4 is 11.1 Å². The zero-order valence-electron chi connectivity index (χ0n) is 8.26. The molecule has 0 atom stereocenters. The van der Waals surface area contributed by atoms with Crippen molar-refractivity contribution < 1.29 is 9.59 Å². The summed E-state index contributed by atoms with van der Waals surface area (Å²) < 4.78 is 1.23. The van der Waals surface area contributed by atoms with Crippen molar-refractivity contribution in [3.05, 3.63) is 20.3 Å². The number of thiophene rings is 1. The molecule has 88 valence electrons. The molecule has 0 aromatic carbocycles. The van der Waals surface area contributed by atoms with Gasteiger partial charge in [-0.05, 0) is 18.1 Å². The lowest BCUT2D eigenvalue weighted by Crippen LogP contribution is -2.29. The Morgan fingerprint density at radius 2 is 2.12 bits per heavy atom. The number of amides is 2. The van der Waals surface area contributed by atoms with Crippen molar-refractivity contribution in [2.45, 2.75) is 12.8 Å². The van der Waals surface area contributed by atoms with Gasteiger partial charge in [-0.15, -0.1) is 11.3 Å². The second kappa shape index (κ2) is 6.08. The van der Waals surface area contributed by atoms with Crippen molar-refractivity contribution in [1.82, 2.24) is 5.32 Å². The fourth-order valence-electron chi connectivity index (χ4n) is 1.10. The normalized spacial score (nSPS) is 10.1. The van der Waals surface area contributed by atoms with Crippen molar-refractivity contribution >= 4 is 46.4 Å². The number of hydrogen-bond acceptors (Lipinski definition) is 3. The first-order chi connectivity index (χ1) is 7.49. The number of halogens is 2. The van der Waals surface area contributed by atoms with Crippen LogP contribution in [0.5, 0.6) is 0 Å². The molecule has 0 bridgehead atoms. The van der Waals surface area contributed by atoms with E-state index in [1.807, 2.05) is 0 Å². The molecule has 0 spiro atoms. The van der Waals surface area contributed by atoms with Crippen molar-refractivity contribution in [3.63, 3.8) is 0 Å². The summed E-state index contributed by atoms with van der Waals surface area (Å²) in [7, 11) is 0. The van der Waals surface area contributed by atoms with Crippen molar-refractivity contribution in [2.75, 3.05) is 6.54 Å². The molecule has 0 saturated heterocycles. The van der Waals surface area contributed by atoms with Crippen LogP contribution in [0.4, 0.5) is 0 Å². The van der Waals surface area contributed by atoms with Gasteiger partial charge in [0.15, 0.2) is 0 Å². The molecule has 7 heteroatoms. The van der Waals surface area contributed by atoms with Crippen molar-refractivity contribution in [2.24, 2.45) is 5.73 Å². The molecule has 1 rings (SSSR count). The van der Waals surface area contributed by atoms with E-state index in [0.29, 0.717) is 21.6 Å². The summed E-state index contributed by atoms with van der Waals surface area (Å²) in [5.74, 6) is -1.03. The second-order valence-corrected chi connectivity index (χ2v) is 5.38. The molecule has 0 saturated carbocycles. The maximum atomic E-state index is 11.1. The van der Waals surface area contributed by atoms with Gasteiger partial charge in [0.05, 0.1) is 8.67 Å². The van der Waals surface area contributed by atoms with Gasteiger partial charge in [0.1, 0.15) is 6.42 Å². The highest BCUT2D eigenvalue weighted by Gasteiger charge is 2.08. The first kappa shape index (κ1) is 13.3. The van der Waals surface area contributed by atoms with Crippen LogP contribution in [0.2, 0.25) is 8.67 Å². The van der Waals surface area contributed by atoms with Gasteiger partial charge in [0, 0.05) is 6.54 Å². The molecule has 1 aromatic heterocycles. The SMILES string of the molecule is NC(=O)CC(=O)NCCc1cc(Cl)sc1Cl. The van der Waals surface area contributed by atoms with Crippen LogP contribution in [0.15, 0.2) is 6.07 Å². The smallest absolute Gasteiger partial charge is 0.229 e. The Morgan fingerprint density at radius 1 is 1.44 bits per heavy atom. The van der Waals surface area contributed by atoms with Crippen LogP contribution in [0.3, 0.4) is 0 Å². The number of carbonyl (C=O) groups excluding carboxylic acids is 2. The highest BCUT2D eigenvalue weighted by Crippen LogP contribution is 2.31. The predicted octanol–water partition coefficient (Wildman–Crippen LogP) is 1.59. The standard InChI is InChI=1S/C9H10Cl2N2O2S/c10-6-3-5(9(11)16-6)1-2-13-8(15)4-7(12)14/h3H,1-2,4H2,(H2,12,14)(H,13,15). The fraction of sp³-hybridized carbons (Fsp3) is 0.333. The monoisotopic (exact) mass is 280 g/mol. The molecule has 16 heavy (non-hydrogen) atoms. The minimum Gasteiger partial charge on any atom is -0.369 e. The maximum Gasteiger partial charge on any atom is 0.229 e. The lowest BCUT2D eigenvalue weighted by Gasteiger charge is -2.02. The van der Waals surface area contributed by atoms with Crippen LogP contribution in [-0.4, -0.2) is 18.4 Å². The molecule has 3 N–H and O–H groups in total. The molecule has 0 unspecified atom stereocenters. The second-order valence-electron chi connectivity index (χ2n) is 3.09. The number of carbonyl (C=O) groups is 2. The van der Waals surface area contributed by atoms with E-state index < -0.39 is 5.91 Å². The Bertz CT molecular complexity index is 406. The molecular weight excluding hydrogens is 271 g/mol. The Labute approximate surface area is 107 Å². The zero-order chi connectivity index (χ0) is 12.1. The average Bonchev–Trinajstić information content (AvgIpc) is 2.44. The quantitative estimate of drug-likeness (QED) is 0.804. The van der Waals surface area contributed by atoms with Crippen molar-refractivity contribution in [1.29, 1.82) is 0 Å². The van der Waals surface area contributed by atoms with Crippen LogP contribution in [0.25, 0.3) is 0 Å². The predicted molar refractivity (Wildman–Crippen MR) is 64.9 cm³/mol. The topological polar surface area (TPSA) is 72.2 Å². The number of nitrogens with one attached hydrogen (secondary N) is 1. The van der Waals surface area contributed by atoms with E-state index in [1.54, 1.807) is 6.07 Å². The summed E-state index contributed by atoms with van der Waals surface area (Å²) in [6, 6.07) is 1.76. The van der Waals surface area contributed by atoms with E-state index in [0.717, 1.165) is 5.56 Å². The lowest BCUT2D eigenvalue weighted by atomic mass is 10.2. The summed E-state index contributed by atoms with van der Waals surface area (Å²) in [5.41, 5.74) is 5.75. The van der Waals surface area contributed by atoms with E-state index in [9.17, 15) is 9.59 Å². The van der Waals surface area contributed by atoms with Crippen LogP contribution in [0.1, 0.15) is 12.0 Å². The minimum absolute atomic E-state index is 0.294. The summed E-state index contributed by atoms with van der Waals surface area (Å²) in [5, 5.41) is 2.56. The first-order valence-electron chi connectivity index (χ1n) is 4.47. The average molecular weight is 281 g/mol. The van der Waals surface area contributed by atoms with E-state index in [4.69, 9.17) is 28.9 Å². The Balaban J connectivity index is 2.33. The summed E-state index contributed by atoms with van der Waals surface area (Å²) in [6.07, 6.45) is 0.282. The molecule has 0 aliphatic carbocycles. The molecule has 2 amide bonds. The minimum atomic E-state index is -0.644. The molecule has 1 heterocycles. The third-order valence-corrected chi connectivity index (χ3v) is 3.35. The van der Waals surface area contributed by atoms with Gasteiger partial charge in [-0.2, -0.15) is 0 Å². The van der Waals surface area contributed by atoms with E-state index >= 15 is 0 Å². The molecule has 4 nitrogen and oxygen atoms in total. The summed E-state index contributed by atoms with van der Waals surface area (Å²) in [6.45, 7) is 0.402. The number of nitrogens with two attached hydrogens (primary N) is 1. The van der Waals surface area contributed by atoms with Crippen LogP contribution >= 0.6 is 34.5 Å². The van der Waals surface area contributed by atoms with Gasteiger partial charge >= 0.3 is 0 Å². The van der Waals surface area contributed by atoms with Crippen LogP contribution in [0, 0.1) is 0 Å². The number of hydrogen-bond donors (Lipinski definition) is 2. The molecule has 0 radical (unpaired) electrons. The van der Waals surface area contributed by atoms with Crippen molar-refractivity contribution in [3.8, 4) is 0 Å². The van der Waals surface area contributed by atoms with E-state index in [-0.39, 0.29) is 12.3 Å². The van der Waals surface area contributed by atoms with Gasteiger partial charge in [-0.25, -0.2) is 0 Å². The molecule has 0 aliphatic rings. The molecular formula is C9H10Cl2N2O2S. The third-order valence-electron chi connectivity index (χ3n) is 1.78. The maximum absolute atomic E-state index is 11.1. The van der Waals surface area contributed by atoms with Gasteiger partial charge < -0.3 is 11.1 Å². The van der Waals surface area contributed by atoms with Gasteiger partial charge in [-0.3, -0.25) is 9.59 Å². The Morgan fingerprint density at radius 3 is 2.62 bits per heavy atom. The number of rotatable bonds is 5. The van der Waals surface area contributed by atoms with Gasteiger partial charge in [0.25, 0.3) is 0 Å². The highest BCUT2D eigenvalue weighted by atomic mass is 35.5. The molecule has 1 aromatic rings. The van der Waals surface area contributed by atoms with Gasteiger partial charge in [-0.1, -0.05) is 23.2 Å². The van der Waals surface area contributed by atoms with E-state index in [2.05, 4.69) is 5.32 Å². The van der Waals surface area contributed by atoms with E-state index in [1.165, 1.54) is 11.3 Å². The Hall–Kier alpha value is -0.780. The van der Waals surface area contributed by atoms with Gasteiger partial charge in [0.2, 0.25) is 11.8 Å². The Kier molecular flexibility index (Phi) is 5.05. The number of primary amides is 1. The lowest BCUT2D eigenvalue weighted by molar-refractivity contribution is -0.127. The molecule has 0 aliphatic heterocycles. The largest absolute Gasteiger partial charge is 0.369 e. The highest BCUT2D eigenvalue weighted by molar-refractivity contribution is 7.20. The third kappa shape index (κ3) is 4.38. The zero-order valence-corrected chi connectivity index (χ0v) is 10.6. The first-order valence-corrected chi connectivity index (χ1v) is 6.05. The molecule has 0 fully saturated rings. The summed E-state index contributed by atoms with van der Waals surface area (Å²) in [4.78, 5) is 21.5. The fourth-order valence-corrected chi connectivity index (χ4v) is 2.65.